The average Bonchev–Trinajstić information content (AvgIpc) is 3.01. The fourth-order valence-corrected chi connectivity index (χ4v) is 2.23. The summed E-state index contributed by atoms with van der Waals surface area (Å²) in [6.07, 6.45) is 3.64. The number of rotatable bonds is 2. The molecule has 2 atom stereocenters. The van der Waals surface area contributed by atoms with Gasteiger partial charge in [0.1, 0.15) is 5.82 Å². The molecule has 1 aromatic rings. The summed E-state index contributed by atoms with van der Waals surface area (Å²) in [5.74, 6) is 3.14. The second-order valence-electron chi connectivity index (χ2n) is 5.17. The first-order chi connectivity index (χ1) is 7.74. The van der Waals surface area contributed by atoms with Gasteiger partial charge in [-0.25, -0.2) is 0 Å². The van der Waals surface area contributed by atoms with Crippen LogP contribution in [0.2, 0.25) is 0 Å². The van der Waals surface area contributed by atoms with E-state index in [9.17, 15) is 0 Å². The van der Waals surface area contributed by atoms with Gasteiger partial charge in [0.15, 0.2) is 0 Å². The molecule has 2 unspecified atom stereocenters. The maximum absolute atomic E-state index is 6.08. The number of aromatic amines is 1. The first-order valence-corrected chi connectivity index (χ1v) is 6.17. The van der Waals surface area contributed by atoms with E-state index in [0.717, 1.165) is 31.3 Å². The van der Waals surface area contributed by atoms with Crippen LogP contribution < -0.4 is 10.6 Å². The molecular formula is C11H19N5. The van der Waals surface area contributed by atoms with Crippen molar-refractivity contribution in [1.29, 1.82) is 0 Å². The van der Waals surface area contributed by atoms with Crippen molar-refractivity contribution in [1.82, 2.24) is 15.2 Å². The van der Waals surface area contributed by atoms with E-state index in [-0.39, 0.29) is 6.04 Å². The molecule has 5 heteroatoms. The molecule has 5 nitrogen and oxygen atoms in total. The van der Waals surface area contributed by atoms with E-state index in [1.165, 1.54) is 12.8 Å². The van der Waals surface area contributed by atoms with Gasteiger partial charge in [-0.05, 0) is 25.2 Å². The SMILES string of the molecule is CC1CCN(c2n[nH]c(C3CC3)n2)CC1N. The molecule has 1 aliphatic heterocycles. The van der Waals surface area contributed by atoms with Gasteiger partial charge >= 0.3 is 0 Å². The van der Waals surface area contributed by atoms with Gasteiger partial charge in [0.2, 0.25) is 5.95 Å². The molecule has 16 heavy (non-hydrogen) atoms. The molecule has 2 fully saturated rings. The van der Waals surface area contributed by atoms with Crippen molar-refractivity contribution < 1.29 is 0 Å². The Morgan fingerprint density at radius 2 is 2.19 bits per heavy atom. The molecule has 0 aromatic carbocycles. The number of H-pyrrole nitrogens is 1. The summed E-state index contributed by atoms with van der Waals surface area (Å²) in [5.41, 5.74) is 6.08. The summed E-state index contributed by atoms with van der Waals surface area (Å²) < 4.78 is 0. The molecule has 2 heterocycles. The topological polar surface area (TPSA) is 70.8 Å². The fourth-order valence-electron chi connectivity index (χ4n) is 2.23. The van der Waals surface area contributed by atoms with Crippen molar-refractivity contribution in [3.05, 3.63) is 5.82 Å². The second kappa shape index (κ2) is 3.73. The fraction of sp³-hybridized carbons (Fsp3) is 0.818. The Kier molecular flexibility index (Phi) is 2.35. The lowest BCUT2D eigenvalue weighted by Gasteiger charge is -2.34. The van der Waals surface area contributed by atoms with Gasteiger partial charge in [-0.15, -0.1) is 5.10 Å². The largest absolute Gasteiger partial charge is 0.338 e. The van der Waals surface area contributed by atoms with Crippen molar-refractivity contribution in [2.24, 2.45) is 11.7 Å². The summed E-state index contributed by atoms with van der Waals surface area (Å²) in [4.78, 5) is 6.76. The highest BCUT2D eigenvalue weighted by molar-refractivity contribution is 5.31. The van der Waals surface area contributed by atoms with Crippen LogP contribution >= 0.6 is 0 Å². The number of nitrogens with zero attached hydrogens (tertiary/aromatic N) is 3. The molecule has 0 bridgehead atoms. The van der Waals surface area contributed by atoms with E-state index < -0.39 is 0 Å². The Labute approximate surface area is 95.4 Å². The lowest BCUT2D eigenvalue weighted by molar-refractivity contribution is 0.376. The Balaban J connectivity index is 1.71. The van der Waals surface area contributed by atoms with Crippen molar-refractivity contribution in [2.75, 3.05) is 18.0 Å². The zero-order valence-corrected chi connectivity index (χ0v) is 9.69. The molecule has 3 rings (SSSR count). The quantitative estimate of drug-likeness (QED) is 0.777. The van der Waals surface area contributed by atoms with Crippen LogP contribution in [0.4, 0.5) is 5.95 Å². The normalized spacial score (nSPS) is 30.8. The summed E-state index contributed by atoms with van der Waals surface area (Å²) in [6.45, 7) is 4.12. The van der Waals surface area contributed by atoms with Crippen LogP contribution in [0.1, 0.15) is 37.9 Å². The molecule has 0 spiro atoms. The molecule has 1 aliphatic carbocycles. The highest BCUT2D eigenvalue weighted by Crippen LogP contribution is 2.38. The predicted molar refractivity (Wildman–Crippen MR) is 62.3 cm³/mol. The highest BCUT2D eigenvalue weighted by atomic mass is 15.4. The lowest BCUT2D eigenvalue weighted by atomic mass is 9.95. The van der Waals surface area contributed by atoms with E-state index in [2.05, 4.69) is 27.0 Å². The Bertz CT molecular complexity index is 370. The number of nitrogens with one attached hydrogen (secondary N) is 1. The van der Waals surface area contributed by atoms with Gasteiger partial charge in [-0.1, -0.05) is 6.92 Å². The molecule has 2 aliphatic rings. The van der Waals surface area contributed by atoms with Crippen LogP contribution in [0.3, 0.4) is 0 Å². The third-order valence-corrected chi connectivity index (χ3v) is 3.75. The molecule has 0 amide bonds. The van der Waals surface area contributed by atoms with E-state index in [1.54, 1.807) is 0 Å². The smallest absolute Gasteiger partial charge is 0.244 e. The molecule has 1 saturated heterocycles. The Hall–Kier alpha value is -1.10. The first kappa shape index (κ1) is 10.1. The maximum atomic E-state index is 6.08. The lowest BCUT2D eigenvalue weighted by Crippen LogP contribution is -2.48. The van der Waals surface area contributed by atoms with Crippen LogP contribution in [-0.4, -0.2) is 34.3 Å². The van der Waals surface area contributed by atoms with Crippen molar-refractivity contribution in [2.45, 2.75) is 38.1 Å². The van der Waals surface area contributed by atoms with Crippen LogP contribution in [0, 0.1) is 5.92 Å². The number of nitrogens with two attached hydrogens (primary N) is 1. The summed E-state index contributed by atoms with van der Waals surface area (Å²) in [7, 11) is 0. The minimum Gasteiger partial charge on any atom is -0.338 e. The van der Waals surface area contributed by atoms with Gasteiger partial charge in [-0.3, -0.25) is 5.10 Å². The molecule has 1 saturated carbocycles. The van der Waals surface area contributed by atoms with Gasteiger partial charge < -0.3 is 10.6 Å². The summed E-state index contributed by atoms with van der Waals surface area (Å²) >= 11 is 0. The summed E-state index contributed by atoms with van der Waals surface area (Å²) in [6, 6.07) is 0.247. The van der Waals surface area contributed by atoms with E-state index in [4.69, 9.17) is 5.73 Å². The highest BCUT2D eigenvalue weighted by Gasteiger charge is 2.29. The Morgan fingerprint density at radius 3 is 2.88 bits per heavy atom. The maximum Gasteiger partial charge on any atom is 0.244 e. The summed E-state index contributed by atoms with van der Waals surface area (Å²) in [5, 5.41) is 7.34. The van der Waals surface area contributed by atoms with E-state index in [1.807, 2.05) is 0 Å². The number of hydrogen-bond donors (Lipinski definition) is 2. The van der Waals surface area contributed by atoms with E-state index >= 15 is 0 Å². The monoisotopic (exact) mass is 221 g/mol. The molecular weight excluding hydrogens is 202 g/mol. The average molecular weight is 221 g/mol. The van der Waals surface area contributed by atoms with Gasteiger partial charge in [0.25, 0.3) is 0 Å². The Morgan fingerprint density at radius 1 is 1.38 bits per heavy atom. The zero-order valence-electron chi connectivity index (χ0n) is 9.69. The van der Waals surface area contributed by atoms with Crippen LogP contribution in [0.25, 0.3) is 0 Å². The van der Waals surface area contributed by atoms with Crippen molar-refractivity contribution in [3.8, 4) is 0 Å². The van der Waals surface area contributed by atoms with E-state index in [0.29, 0.717) is 11.8 Å². The predicted octanol–water partition coefficient (Wildman–Crippen LogP) is 0.856. The minimum atomic E-state index is 0.247. The van der Waals surface area contributed by atoms with Gasteiger partial charge in [0, 0.05) is 25.0 Å². The first-order valence-electron chi connectivity index (χ1n) is 6.17. The van der Waals surface area contributed by atoms with Crippen LogP contribution in [0.15, 0.2) is 0 Å². The molecule has 88 valence electrons. The van der Waals surface area contributed by atoms with Crippen LogP contribution in [-0.2, 0) is 0 Å². The minimum absolute atomic E-state index is 0.247. The van der Waals surface area contributed by atoms with Gasteiger partial charge in [0.05, 0.1) is 0 Å². The standard InChI is InChI=1S/C11H19N5/c1-7-4-5-16(6-9(7)12)11-13-10(14-15-11)8-2-3-8/h7-9H,2-6,12H2,1H3,(H,13,14,15). The molecule has 0 radical (unpaired) electrons. The molecule has 3 N–H and O–H groups in total. The van der Waals surface area contributed by atoms with Crippen molar-refractivity contribution in [3.63, 3.8) is 0 Å². The van der Waals surface area contributed by atoms with Gasteiger partial charge in [-0.2, -0.15) is 4.98 Å². The number of aromatic nitrogens is 3. The number of hydrogen-bond acceptors (Lipinski definition) is 4. The number of piperidine rings is 1. The number of anilines is 1. The third kappa shape index (κ3) is 1.80. The third-order valence-electron chi connectivity index (χ3n) is 3.75. The van der Waals surface area contributed by atoms with Crippen molar-refractivity contribution >= 4 is 5.95 Å². The molecule has 1 aromatic heterocycles. The van der Waals surface area contributed by atoms with Crippen LogP contribution in [0.5, 0.6) is 0 Å². The second-order valence-corrected chi connectivity index (χ2v) is 5.17. The zero-order chi connectivity index (χ0) is 11.1.